The lowest BCUT2D eigenvalue weighted by atomic mass is 9.84. The molecule has 114 valence electrons. The summed E-state index contributed by atoms with van der Waals surface area (Å²) in [6, 6.07) is 6.99. The van der Waals surface area contributed by atoms with Crippen molar-refractivity contribution in [2.24, 2.45) is 5.73 Å². The molecule has 1 rings (SSSR count). The maximum absolute atomic E-state index is 11.7. The van der Waals surface area contributed by atoms with E-state index in [2.05, 4.69) is 5.32 Å². The fourth-order valence-corrected chi connectivity index (χ4v) is 1.90. The standard InChI is InChI=1S/C14H21ClN2O2.ClH/c1-14(2,10-5-4-6-11(15)7-10)9-17-13(18)12(16)8-19-3;/h4-7,12H,8-9,16H2,1-3H3,(H,17,18);1H. The van der Waals surface area contributed by atoms with Crippen LogP contribution in [0.5, 0.6) is 0 Å². The van der Waals surface area contributed by atoms with Gasteiger partial charge < -0.3 is 15.8 Å². The number of hydrogen-bond acceptors (Lipinski definition) is 3. The van der Waals surface area contributed by atoms with Crippen molar-refractivity contribution in [1.82, 2.24) is 5.32 Å². The number of hydrogen-bond donors (Lipinski definition) is 2. The molecule has 0 heterocycles. The minimum Gasteiger partial charge on any atom is -0.383 e. The van der Waals surface area contributed by atoms with Gasteiger partial charge in [-0.05, 0) is 17.7 Å². The van der Waals surface area contributed by atoms with Crippen LogP contribution in [0.1, 0.15) is 19.4 Å². The first-order valence-electron chi connectivity index (χ1n) is 6.15. The number of carbonyl (C=O) groups is 1. The highest BCUT2D eigenvalue weighted by Gasteiger charge is 2.23. The molecule has 0 aliphatic heterocycles. The first kappa shape index (κ1) is 19.2. The van der Waals surface area contributed by atoms with E-state index in [-0.39, 0.29) is 30.3 Å². The van der Waals surface area contributed by atoms with Crippen LogP contribution in [-0.2, 0) is 14.9 Å². The highest BCUT2D eigenvalue weighted by atomic mass is 35.5. The van der Waals surface area contributed by atoms with Crippen molar-refractivity contribution < 1.29 is 9.53 Å². The number of carbonyl (C=O) groups excluding carboxylic acids is 1. The molecule has 1 aromatic carbocycles. The van der Waals surface area contributed by atoms with Crippen LogP contribution in [0, 0.1) is 0 Å². The molecule has 4 nitrogen and oxygen atoms in total. The number of benzene rings is 1. The Bertz CT molecular complexity index is 439. The number of nitrogens with two attached hydrogens (primary N) is 1. The summed E-state index contributed by atoms with van der Waals surface area (Å²) in [5.41, 5.74) is 6.52. The van der Waals surface area contributed by atoms with Crippen LogP contribution in [0.3, 0.4) is 0 Å². The summed E-state index contributed by atoms with van der Waals surface area (Å²) in [5, 5.41) is 3.53. The molecule has 0 spiro atoms. The van der Waals surface area contributed by atoms with Crippen LogP contribution in [-0.4, -0.2) is 32.2 Å². The Balaban J connectivity index is 0.00000361. The van der Waals surface area contributed by atoms with E-state index in [1.54, 1.807) is 0 Å². The highest BCUT2D eigenvalue weighted by molar-refractivity contribution is 6.30. The molecule has 0 aromatic heterocycles. The van der Waals surface area contributed by atoms with Crippen molar-refractivity contribution in [3.05, 3.63) is 34.9 Å². The number of nitrogens with one attached hydrogen (secondary N) is 1. The fraction of sp³-hybridized carbons (Fsp3) is 0.500. The van der Waals surface area contributed by atoms with Crippen LogP contribution in [0.25, 0.3) is 0 Å². The van der Waals surface area contributed by atoms with Crippen LogP contribution < -0.4 is 11.1 Å². The summed E-state index contributed by atoms with van der Waals surface area (Å²) in [4.78, 5) is 11.7. The number of rotatable bonds is 6. The molecule has 0 saturated heterocycles. The summed E-state index contributed by atoms with van der Waals surface area (Å²) < 4.78 is 4.85. The van der Waals surface area contributed by atoms with Gasteiger partial charge in [-0.2, -0.15) is 0 Å². The largest absolute Gasteiger partial charge is 0.383 e. The Hall–Kier alpha value is -0.810. The lowest BCUT2D eigenvalue weighted by Gasteiger charge is -2.26. The van der Waals surface area contributed by atoms with Gasteiger partial charge in [-0.25, -0.2) is 0 Å². The number of amides is 1. The van der Waals surface area contributed by atoms with Crippen molar-refractivity contribution >= 4 is 29.9 Å². The predicted octanol–water partition coefficient (Wildman–Crippen LogP) is 2.13. The third-order valence-corrected chi connectivity index (χ3v) is 3.23. The van der Waals surface area contributed by atoms with Gasteiger partial charge in [0.15, 0.2) is 0 Å². The highest BCUT2D eigenvalue weighted by Crippen LogP contribution is 2.24. The van der Waals surface area contributed by atoms with E-state index in [9.17, 15) is 4.79 Å². The first-order chi connectivity index (χ1) is 8.86. The third kappa shape index (κ3) is 5.67. The Morgan fingerprint density at radius 1 is 1.50 bits per heavy atom. The van der Waals surface area contributed by atoms with Gasteiger partial charge in [0.25, 0.3) is 0 Å². The van der Waals surface area contributed by atoms with Crippen LogP contribution in [0.4, 0.5) is 0 Å². The van der Waals surface area contributed by atoms with Crippen molar-refractivity contribution in [2.75, 3.05) is 20.3 Å². The maximum atomic E-state index is 11.7. The van der Waals surface area contributed by atoms with E-state index in [0.717, 1.165) is 5.56 Å². The molecule has 1 amide bonds. The summed E-state index contributed by atoms with van der Waals surface area (Å²) >= 11 is 5.98. The molecule has 1 aromatic rings. The second-order valence-corrected chi connectivity index (χ2v) is 5.61. The normalized spacial score (nSPS) is 12.4. The van der Waals surface area contributed by atoms with E-state index in [1.165, 1.54) is 7.11 Å². The lowest BCUT2D eigenvalue weighted by molar-refractivity contribution is -0.123. The van der Waals surface area contributed by atoms with Crippen molar-refractivity contribution in [1.29, 1.82) is 0 Å². The average Bonchev–Trinajstić information content (AvgIpc) is 2.36. The maximum Gasteiger partial charge on any atom is 0.239 e. The molecule has 0 aliphatic rings. The molecule has 0 bridgehead atoms. The Morgan fingerprint density at radius 3 is 2.70 bits per heavy atom. The van der Waals surface area contributed by atoms with E-state index in [4.69, 9.17) is 22.1 Å². The SMILES string of the molecule is COCC(N)C(=O)NCC(C)(C)c1cccc(Cl)c1.Cl. The van der Waals surface area contributed by atoms with Gasteiger partial charge in [0, 0.05) is 24.1 Å². The Kier molecular flexibility index (Phi) is 8.13. The lowest BCUT2D eigenvalue weighted by Crippen LogP contribution is -2.47. The summed E-state index contributed by atoms with van der Waals surface area (Å²) in [7, 11) is 1.52. The van der Waals surface area contributed by atoms with Crippen molar-refractivity contribution in [3.63, 3.8) is 0 Å². The molecule has 0 saturated carbocycles. The van der Waals surface area contributed by atoms with Gasteiger partial charge in [0.2, 0.25) is 5.91 Å². The third-order valence-electron chi connectivity index (χ3n) is 2.99. The van der Waals surface area contributed by atoms with E-state index >= 15 is 0 Å². The van der Waals surface area contributed by atoms with Crippen LogP contribution in [0.2, 0.25) is 5.02 Å². The second-order valence-electron chi connectivity index (χ2n) is 5.17. The monoisotopic (exact) mass is 320 g/mol. The average molecular weight is 321 g/mol. The topological polar surface area (TPSA) is 64.3 Å². The summed E-state index contributed by atoms with van der Waals surface area (Å²) in [6.45, 7) is 4.79. The van der Waals surface area contributed by atoms with Gasteiger partial charge >= 0.3 is 0 Å². The van der Waals surface area contributed by atoms with Crippen LogP contribution in [0.15, 0.2) is 24.3 Å². The molecule has 20 heavy (non-hydrogen) atoms. The number of ether oxygens (including phenoxy) is 1. The molecule has 0 radical (unpaired) electrons. The minimum atomic E-state index is -0.639. The van der Waals surface area contributed by atoms with Gasteiger partial charge in [0.05, 0.1) is 6.61 Å². The van der Waals surface area contributed by atoms with Crippen molar-refractivity contribution in [2.45, 2.75) is 25.3 Å². The van der Waals surface area contributed by atoms with E-state index < -0.39 is 6.04 Å². The molecule has 1 atom stereocenters. The molecular formula is C14H22Cl2N2O2. The second kappa shape index (κ2) is 8.47. The number of halogens is 2. The summed E-state index contributed by atoms with van der Waals surface area (Å²) in [6.07, 6.45) is 0. The quantitative estimate of drug-likeness (QED) is 0.844. The molecule has 1 unspecified atom stereocenters. The molecule has 0 aliphatic carbocycles. The molecule has 0 fully saturated rings. The van der Waals surface area contributed by atoms with Crippen molar-refractivity contribution in [3.8, 4) is 0 Å². The van der Waals surface area contributed by atoms with Gasteiger partial charge in [-0.15, -0.1) is 12.4 Å². The smallest absolute Gasteiger partial charge is 0.239 e. The van der Waals surface area contributed by atoms with Crippen LogP contribution >= 0.6 is 24.0 Å². The zero-order chi connectivity index (χ0) is 14.5. The van der Waals surface area contributed by atoms with E-state index in [1.807, 2.05) is 38.1 Å². The minimum absolute atomic E-state index is 0. The zero-order valence-corrected chi connectivity index (χ0v) is 13.6. The Labute approximate surface area is 131 Å². The Morgan fingerprint density at radius 2 is 2.15 bits per heavy atom. The number of methoxy groups -OCH3 is 1. The molecular weight excluding hydrogens is 299 g/mol. The molecule has 3 N–H and O–H groups in total. The van der Waals surface area contributed by atoms with Gasteiger partial charge in [0.1, 0.15) is 6.04 Å². The van der Waals surface area contributed by atoms with E-state index in [0.29, 0.717) is 11.6 Å². The predicted molar refractivity (Wildman–Crippen MR) is 84.6 cm³/mol. The molecule has 6 heteroatoms. The van der Waals surface area contributed by atoms with Gasteiger partial charge in [-0.3, -0.25) is 4.79 Å². The fourth-order valence-electron chi connectivity index (χ4n) is 1.71. The first-order valence-corrected chi connectivity index (χ1v) is 6.53. The summed E-state index contributed by atoms with van der Waals surface area (Å²) in [5.74, 6) is -0.211. The van der Waals surface area contributed by atoms with Gasteiger partial charge in [-0.1, -0.05) is 37.6 Å². The zero-order valence-electron chi connectivity index (χ0n) is 12.0.